The highest BCUT2D eigenvalue weighted by Crippen LogP contribution is 2.26. The molecule has 0 aliphatic carbocycles. The molecule has 6 heteroatoms. The second kappa shape index (κ2) is 4.21. The van der Waals surface area contributed by atoms with Gasteiger partial charge < -0.3 is 5.73 Å². The average molecular weight is 245 g/mol. The zero-order chi connectivity index (χ0) is 12.5. The molecule has 0 radical (unpaired) electrons. The third-order valence-corrected chi connectivity index (χ3v) is 3.43. The fourth-order valence-corrected chi connectivity index (χ4v) is 2.40. The van der Waals surface area contributed by atoms with Crippen LogP contribution in [0.4, 0.5) is 4.39 Å². The summed E-state index contributed by atoms with van der Waals surface area (Å²) in [5.74, 6) is -2.49. The smallest absolute Gasteiger partial charge is 0.224 e. The highest BCUT2D eigenvalue weighted by atomic mass is 32.2. The molecule has 0 heterocycles. The SMILES string of the molecule is CC(C(N)=O)c1c(F)cccc1S(C)(=O)=O. The molecule has 0 aromatic heterocycles. The number of nitrogens with two attached hydrogens (primary N) is 1. The van der Waals surface area contributed by atoms with Crippen molar-refractivity contribution in [3.05, 3.63) is 29.6 Å². The molecule has 1 amide bonds. The Labute approximate surface area is 93.2 Å². The molecule has 2 N–H and O–H groups in total. The van der Waals surface area contributed by atoms with Gasteiger partial charge in [-0.1, -0.05) is 6.07 Å². The van der Waals surface area contributed by atoms with E-state index in [0.717, 1.165) is 12.3 Å². The monoisotopic (exact) mass is 245 g/mol. The Kier molecular flexibility index (Phi) is 3.32. The number of carbonyl (C=O) groups is 1. The normalized spacial score (nSPS) is 13.4. The van der Waals surface area contributed by atoms with Gasteiger partial charge in [0.2, 0.25) is 5.91 Å². The Balaban J connectivity index is 3.53. The van der Waals surface area contributed by atoms with Gasteiger partial charge in [0.15, 0.2) is 9.84 Å². The van der Waals surface area contributed by atoms with Crippen molar-refractivity contribution in [3.8, 4) is 0 Å². The summed E-state index contributed by atoms with van der Waals surface area (Å²) in [5.41, 5.74) is 4.88. The van der Waals surface area contributed by atoms with Crippen LogP contribution in [0.5, 0.6) is 0 Å². The van der Waals surface area contributed by atoms with Gasteiger partial charge in [-0.25, -0.2) is 12.8 Å². The molecular weight excluding hydrogens is 233 g/mol. The lowest BCUT2D eigenvalue weighted by Gasteiger charge is -2.13. The highest BCUT2D eigenvalue weighted by molar-refractivity contribution is 7.90. The van der Waals surface area contributed by atoms with Crippen LogP contribution in [-0.2, 0) is 14.6 Å². The minimum absolute atomic E-state index is 0.169. The predicted molar refractivity (Wildman–Crippen MR) is 57.1 cm³/mol. The van der Waals surface area contributed by atoms with Crippen LogP contribution in [0.3, 0.4) is 0 Å². The number of amides is 1. The van der Waals surface area contributed by atoms with Gasteiger partial charge >= 0.3 is 0 Å². The molecule has 0 fully saturated rings. The Hall–Kier alpha value is -1.43. The molecule has 0 aliphatic heterocycles. The molecule has 0 saturated heterocycles. The van der Waals surface area contributed by atoms with Crippen molar-refractivity contribution >= 4 is 15.7 Å². The van der Waals surface area contributed by atoms with Crippen molar-refractivity contribution in [3.63, 3.8) is 0 Å². The zero-order valence-corrected chi connectivity index (χ0v) is 9.71. The van der Waals surface area contributed by atoms with E-state index in [-0.39, 0.29) is 10.5 Å². The molecule has 0 saturated carbocycles. The van der Waals surface area contributed by atoms with Crippen LogP contribution in [0.1, 0.15) is 18.4 Å². The number of benzene rings is 1. The van der Waals surface area contributed by atoms with Crippen molar-refractivity contribution in [2.75, 3.05) is 6.26 Å². The van der Waals surface area contributed by atoms with Gasteiger partial charge in [0.1, 0.15) is 5.82 Å². The molecule has 1 rings (SSSR count). The number of primary amides is 1. The lowest BCUT2D eigenvalue weighted by atomic mass is 10.00. The van der Waals surface area contributed by atoms with Crippen LogP contribution >= 0.6 is 0 Å². The van der Waals surface area contributed by atoms with Crippen molar-refractivity contribution in [1.82, 2.24) is 0 Å². The maximum absolute atomic E-state index is 13.5. The van der Waals surface area contributed by atoms with Gasteiger partial charge in [-0.3, -0.25) is 4.79 Å². The van der Waals surface area contributed by atoms with Crippen LogP contribution in [0, 0.1) is 5.82 Å². The first-order chi connectivity index (χ1) is 7.25. The predicted octanol–water partition coefficient (Wildman–Crippen LogP) is 0.818. The minimum Gasteiger partial charge on any atom is -0.369 e. The van der Waals surface area contributed by atoms with Crippen LogP contribution in [-0.4, -0.2) is 20.6 Å². The number of carbonyl (C=O) groups excluding carboxylic acids is 1. The number of rotatable bonds is 3. The topological polar surface area (TPSA) is 77.2 Å². The molecule has 1 unspecified atom stereocenters. The largest absolute Gasteiger partial charge is 0.369 e. The molecule has 0 bridgehead atoms. The number of halogens is 1. The molecule has 1 atom stereocenters. The molecular formula is C10H12FNO3S. The van der Waals surface area contributed by atoms with Crippen molar-refractivity contribution < 1.29 is 17.6 Å². The van der Waals surface area contributed by atoms with Crippen molar-refractivity contribution in [2.24, 2.45) is 5.73 Å². The van der Waals surface area contributed by atoms with Crippen LogP contribution < -0.4 is 5.73 Å². The van der Waals surface area contributed by atoms with Gasteiger partial charge in [-0.2, -0.15) is 0 Å². The molecule has 1 aromatic carbocycles. The summed E-state index contributed by atoms with van der Waals surface area (Å²) in [4.78, 5) is 10.8. The summed E-state index contributed by atoms with van der Waals surface area (Å²) in [6.07, 6.45) is 0.957. The first-order valence-corrected chi connectivity index (χ1v) is 6.42. The second-order valence-corrected chi connectivity index (χ2v) is 5.53. The lowest BCUT2D eigenvalue weighted by molar-refractivity contribution is -0.119. The Bertz CT molecular complexity index is 525. The van der Waals surface area contributed by atoms with Crippen LogP contribution in [0.2, 0.25) is 0 Å². The van der Waals surface area contributed by atoms with Gasteiger partial charge in [0, 0.05) is 11.8 Å². The van der Waals surface area contributed by atoms with Gasteiger partial charge in [-0.15, -0.1) is 0 Å². The maximum Gasteiger partial charge on any atom is 0.224 e. The molecule has 1 aromatic rings. The highest BCUT2D eigenvalue weighted by Gasteiger charge is 2.24. The van der Waals surface area contributed by atoms with Crippen molar-refractivity contribution in [1.29, 1.82) is 0 Å². The average Bonchev–Trinajstić information content (AvgIpc) is 2.14. The van der Waals surface area contributed by atoms with E-state index in [0.29, 0.717) is 0 Å². The first kappa shape index (κ1) is 12.6. The first-order valence-electron chi connectivity index (χ1n) is 4.53. The van der Waals surface area contributed by atoms with Crippen LogP contribution in [0.15, 0.2) is 23.1 Å². The van der Waals surface area contributed by atoms with E-state index in [9.17, 15) is 17.6 Å². The van der Waals surface area contributed by atoms with E-state index in [1.807, 2.05) is 0 Å². The quantitative estimate of drug-likeness (QED) is 0.856. The Morgan fingerprint density at radius 3 is 2.44 bits per heavy atom. The Morgan fingerprint density at radius 1 is 1.44 bits per heavy atom. The van der Waals surface area contributed by atoms with Crippen LogP contribution in [0.25, 0.3) is 0 Å². The standard InChI is InChI=1S/C10H12FNO3S/c1-6(10(12)13)9-7(11)4-3-5-8(9)16(2,14)15/h3-6H,1-2H3,(H2,12,13). The summed E-state index contributed by atoms with van der Waals surface area (Å²) in [7, 11) is -3.58. The third kappa shape index (κ3) is 2.38. The minimum atomic E-state index is -3.58. The fraction of sp³-hybridized carbons (Fsp3) is 0.300. The zero-order valence-electron chi connectivity index (χ0n) is 8.90. The summed E-state index contributed by atoms with van der Waals surface area (Å²) in [6.45, 7) is 1.37. The van der Waals surface area contributed by atoms with E-state index < -0.39 is 27.5 Å². The molecule has 16 heavy (non-hydrogen) atoms. The molecule has 0 spiro atoms. The molecule has 0 aliphatic rings. The van der Waals surface area contributed by atoms with E-state index in [2.05, 4.69) is 0 Å². The van der Waals surface area contributed by atoms with Crippen molar-refractivity contribution in [2.45, 2.75) is 17.7 Å². The number of sulfone groups is 1. The fourth-order valence-electron chi connectivity index (χ4n) is 1.40. The molecule has 4 nitrogen and oxygen atoms in total. The molecule has 88 valence electrons. The second-order valence-electron chi connectivity index (χ2n) is 3.55. The van der Waals surface area contributed by atoms with Gasteiger partial charge in [-0.05, 0) is 19.1 Å². The van der Waals surface area contributed by atoms with Gasteiger partial charge in [0.25, 0.3) is 0 Å². The van der Waals surface area contributed by atoms with E-state index >= 15 is 0 Å². The summed E-state index contributed by atoms with van der Waals surface area (Å²) >= 11 is 0. The number of hydrogen-bond donors (Lipinski definition) is 1. The van der Waals surface area contributed by atoms with E-state index in [1.165, 1.54) is 19.1 Å². The third-order valence-electron chi connectivity index (χ3n) is 2.27. The lowest BCUT2D eigenvalue weighted by Crippen LogP contribution is -2.21. The van der Waals surface area contributed by atoms with E-state index in [1.54, 1.807) is 0 Å². The number of hydrogen-bond acceptors (Lipinski definition) is 3. The summed E-state index contributed by atoms with van der Waals surface area (Å²) in [6, 6.07) is 3.64. The summed E-state index contributed by atoms with van der Waals surface area (Å²) in [5, 5.41) is 0. The van der Waals surface area contributed by atoms with E-state index in [4.69, 9.17) is 5.73 Å². The maximum atomic E-state index is 13.5. The summed E-state index contributed by atoms with van der Waals surface area (Å²) < 4.78 is 36.3. The van der Waals surface area contributed by atoms with Gasteiger partial charge in [0.05, 0.1) is 10.8 Å². The Morgan fingerprint density at radius 2 is 2.00 bits per heavy atom.